The van der Waals surface area contributed by atoms with Crippen LogP contribution in [-0.4, -0.2) is 40.8 Å². The van der Waals surface area contributed by atoms with Gasteiger partial charge in [-0.1, -0.05) is 32.0 Å². The maximum Gasteiger partial charge on any atom is 0.319 e. The summed E-state index contributed by atoms with van der Waals surface area (Å²) in [7, 11) is 0. The number of para-hydroxylation sites is 1. The van der Waals surface area contributed by atoms with E-state index < -0.39 is 16.7 Å². The quantitative estimate of drug-likeness (QED) is 0.313. The van der Waals surface area contributed by atoms with Crippen molar-refractivity contribution in [2.75, 3.05) is 18.4 Å². The number of fused-ring (bicyclic) bond motifs is 1. The second-order valence-corrected chi connectivity index (χ2v) is 7.23. The first-order valence-corrected chi connectivity index (χ1v) is 9.58. The zero-order valence-electron chi connectivity index (χ0n) is 16.7. The summed E-state index contributed by atoms with van der Waals surface area (Å²) in [5.74, 6) is -0.791. The monoisotopic (exact) mass is 410 g/mol. The molecule has 1 heterocycles. The Kier molecular flexibility index (Phi) is 6.10. The number of imide groups is 1. The van der Waals surface area contributed by atoms with Gasteiger partial charge >= 0.3 is 6.03 Å². The predicted octanol–water partition coefficient (Wildman–Crippen LogP) is 3.53. The minimum atomic E-state index is -0.610. The second kappa shape index (κ2) is 8.73. The molecule has 0 aromatic heterocycles. The molecule has 1 aliphatic heterocycles. The van der Waals surface area contributed by atoms with Crippen LogP contribution >= 0.6 is 0 Å². The van der Waals surface area contributed by atoms with Gasteiger partial charge in [0.25, 0.3) is 17.5 Å². The van der Waals surface area contributed by atoms with E-state index in [9.17, 15) is 24.5 Å². The molecule has 0 fully saturated rings. The lowest BCUT2D eigenvalue weighted by Gasteiger charge is -2.15. The third kappa shape index (κ3) is 4.29. The van der Waals surface area contributed by atoms with E-state index in [4.69, 9.17) is 0 Å². The molecule has 156 valence electrons. The summed E-state index contributed by atoms with van der Waals surface area (Å²) < 4.78 is 0. The van der Waals surface area contributed by atoms with Crippen LogP contribution in [0.2, 0.25) is 0 Å². The minimum Gasteiger partial charge on any atom is -0.338 e. The van der Waals surface area contributed by atoms with E-state index in [1.807, 2.05) is 38.1 Å². The molecule has 0 saturated carbocycles. The van der Waals surface area contributed by atoms with Gasteiger partial charge in [0, 0.05) is 30.9 Å². The van der Waals surface area contributed by atoms with Crippen molar-refractivity contribution >= 4 is 29.2 Å². The minimum absolute atomic E-state index is 0.0326. The van der Waals surface area contributed by atoms with Crippen LogP contribution in [0.1, 0.15) is 52.5 Å². The Morgan fingerprint density at radius 2 is 1.80 bits per heavy atom. The Balaban J connectivity index is 1.52. The van der Waals surface area contributed by atoms with Crippen molar-refractivity contribution in [2.24, 2.45) is 0 Å². The topological polar surface area (TPSA) is 122 Å². The fraction of sp³-hybridized carbons (Fsp3) is 0.286. The number of hydrogen-bond donors (Lipinski definition) is 2. The molecule has 2 N–H and O–H groups in total. The lowest BCUT2D eigenvalue weighted by molar-refractivity contribution is -0.384. The van der Waals surface area contributed by atoms with Crippen LogP contribution in [0.15, 0.2) is 42.5 Å². The Morgan fingerprint density at radius 1 is 1.10 bits per heavy atom. The van der Waals surface area contributed by atoms with Gasteiger partial charge in [0.05, 0.1) is 16.1 Å². The Morgan fingerprint density at radius 3 is 2.50 bits per heavy atom. The molecule has 0 bridgehead atoms. The Labute approximate surface area is 173 Å². The van der Waals surface area contributed by atoms with E-state index in [1.54, 1.807) is 0 Å². The lowest BCUT2D eigenvalue weighted by Crippen LogP contribution is -2.35. The molecule has 0 unspecified atom stereocenters. The molecule has 30 heavy (non-hydrogen) atoms. The molecule has 0 atom stereocenters. The first-order valence-electron chi connectivity index (χ1n) is 9.58. The highest BCUT2D eigenvalue weighted by Gasteiger charge is 2.36. The van der Waals surface area contributed by atoms with Crippen LogP contribution in [0.3, 0.4) is 0 Å². The van der Waals surface area contributed by atoms with Crippen molar-refractivity contribution in [1.82, 2.24) is 10.2 Å². The fourth-order valence-electron chi connectivity index (χ4n) is 3.32. The summed E-state index contributed by atoms with van der Waals surface area (Å²) in [6.45, 7) is 4.43. The largest absolute Gasteiger partial charge is 0.338 e. The molecule has 0 spiro atoms. The SMILES string of the molecule is CC(C)c1ccccc1NC(=O)NCCCN1C(=O)c2ccc([N+](=O)[O-])cc2C1=O. The number of non-ortho nitro benzene ring substituents is 1. The molecule has 0 saturated heterocycles. The summed E-state index contributed by atoms with van der Waals surface area (Å²) in [5, 5.41) is 16.4. The van der Waals surface area contributed by atoms with Gasteiger partial charge in [-0.05, 0) is 30.0 Å². The van der Waals surface area contributed by atoms with Gasteiger partial charge in [-0.25, -0.2) is 4.79 Å². The van der Waals surface area contributed by atoms with E-state index in [-0.39, 0.29) is 41.9 Å². The van der Waals surface area contributed by atoms with Crippen molar-refractivity contribution in [1.29, 1.82) is 0 Å². The predicted molar refractivity (Wildman–Crippen MR) is 111 cm³/mol. The zero-order valence-corrected chi connectivity index (χ0v) is 16.7. The number of carbonyl (C=O) groups is 3. The van der Waals surface area contributed by atoms with Crippen LogP contribution in [0, 0.1) is 10.1 Å². The highest BCUT2D eigenvalue weighted by molar-refractivity contribution is 6.21. The maximum atomic E-state index is 12.4. The van der Waals surface area contributed by atoms with Crippen LogP contribution in [0.5, 0.6) is 0 Å². The van der Waals surface area contributed by atoms with Crippen LogP contribution in [0.4, 0.5) is 16.2 Å². The fourth-order valence-corrected chi connectivity index (χ4v) is 3.32. The van der Waals surface area contributed by atoms with E-state index in [0.29, 0.717) is 6.42 Å². The molecule has 2 aromatic carbocycles. The first-order chi connectivity index (χ1) is 14.3. The van der Waals surface area contributed by atoms with Crippen molar-refractivity contribution in [2.45, 2.75) is 26.2 Å². The standard InChI is InChI=1S/C21H22N4O5/c1-13(2)15-6-3-4-7-18(15)23-21(28)22-10-5-11-24-19(26)16-9-8-14(25(29)30)12-17(16)20(24)27/h3-4,6-9,12-13H,5,10-11H2,1-2H3,(H2,22,23,28). The van der Waals surface area contributed by atoms with Gasteiger partial charge in [-0.15, -0.1) is 0 Å². The van der Waals surface area contributed by atoms with Gasteiger partial charge in [-0.2, -0.15) is 0 Å². The molecule has 2 aromatic rings. The maximum absolute atomic E-state index is 12.4. The summed E-state index contributed by atoms with van der Waals surface area (Å²) in [4.78, 5) is 48.3. The number of rotatable bonds is 7. The summed E-state index contributed by atoms with van der Waals surface area (Å²) in [5.41, 5.74) is 1.70. The van der Waals surface area contributed by atoms with Gasteiger partial charge in [0.2, 0.25) is 0 Å². The van der Waals surface area contributed by atoms with Crippen molar-refractivity contribution < 1.29 is 19.3 Å². The lowest BCUT2D eigenvalue weighted by atomic mass is 10.0. The normalized spacial score (nSPS) is 12.8. The van der Waals surface area contributed by atoms with E-state index in [0.717, 1.165) is 22.2 Å². The molecular weight excluding hydrogens is 388 g/mol. The van der Waals surface area contributed by atoms with Gasteiger partial charge < -0.3 is 10.6 Å². The average Bonchev–Trinajstić information content (AvgIpc) is 2.95. The molecule has 1 aliphatic rings. The molecule has 3 rings (SSSR count). The van der Waals surface area contributed by atoms with Gasteiger partial charge in [-0.3, -0.25) is 24.6 Å². The van der Waals surface area contributed by atoms with Crippen LogP contribution in [0.25, 0.3) is 0 Å². The zero-order chi connectivity index (χ0) is 21.8. The first kappa shape index (κ1) is 21.0. The van der Waals surface area contributed by atoms with E-state index >= 15 is 0 Å². The van der Waals surface area contributed by atoms with Crippen molar-refractivity contribution in [3.63, 3.8) is 0 Å². The summed E-state index contributed by atoms with van der Waals surface area (Å²) in [6, 6.07) is 10.8. The number of hydrogen-bond acceptors (Lipinski definition) is 5. The van der Waals surface area contributed by atoms with E-state index in [2.05, 4.69) is 10.6 Å². The Hall–Kier alpha value is -3.75. The summed E-state index contributed by atoms with van der Waals surface area (Å²) >= 11 is 0. The van der Waals surface area contributed by atoms with Crippen LogP contribution in [-0.2, 0) is 0 Å². The number of nitrogens with zero attached hydrogens (tertiary/aromatic N) is 2. The number of benzene rings is 2. The molecule has 4 amide bonds. The molecule has 9 nitrogen and oxygen atoms in total. The number of nitro benzene ring substituents is 1. The van der Waals surface area contributed by atoms with Crippen molar-refractivity contribution in [3.8, 4) is 0 Å². The number of anilines is 1. The molecule has 0 aliphatic carbocycles. The average molecular weight is 410 g/mol. The number of nitro groups is 1. The van der Waals surface area contributed by atoms with E-state index in [1.165, 1.54) is 12.1 Å². The molecule has 9 heteroatoms. The van der Waals surface area contributed by atoms with Crippen LogP contribution < -0.4 is 10.6 Å². The number of nitrogens with one attached hydrogen (secondary N) is 2. The Bertz CT molecular complexity index is 1020. The molecular formula is C21H22N4O5. The van der Waals surface area contributed by atoms with Crippen molar-refractivity contribution in [3.05, 3.63) is 69.3 Å². The third-order valence-corrected chi connectivity index (χ3v) is 4.84. The third-order valence-electron chi connectivity index (χ3n) is 4.84. The van der Waals surface area contributed by atoms with Gasteiger partial charge in [0.15, 0.2) is 0 Å². The molecule has 0 radical (unpaired) electrons. The number of amides is 4. The smallest absolute Gasteiger partial charge is 0.319 e. The highest BCUT2D eigenvalue weighted by atomic mass is 16.6. The highest BCUT2D eigenvalue weighted by Crippen LogP contribution is 2.27. The number of carbonyl (C=O) groups excluding carboxylic acids is 3. The second-order valence-electron chi connectivity index (χ2n) is 7.23. The summed E-state index contributed by atoms with van der Waals surface area (Å²) in [6.07, 6.45) is 0.354. The number of urea groups is 1. The van der Waals surface area contributed by atoms with Gasteiger partial charge in [0.1, 0.15) is 0 Å².